The van der Waals surface area contributed by atoms with Crippen LogP contribution in [0.15, 0.2) is 46.8 Å². The van der Waals surface area contributed by atoms with Gasteiger partial charge in [0.15, 0.2) is 0 Å². The van der Waals surface area contributed by atoms with E-state index in [0.29, 0.717) is 40.7 Å². The van der Waals surface area contributed by atoms with E-state index in [1.165, 1.54) is 7.11 Å². The van der Waals surface area contributed by atoms with Gasteiger partial charge in [0.2, 0.25) is 0 Å². The molecule has 1 aliphatic rings. The van der Waals surface area contributed by atoms with Crippen molar-refractivity contribution >= 4 is 23.5 Å². The molecule has 0 saturated carbocycles. The number of carbonyl (C=O) groups excluding carboxylic acids is 2. The molecule has 1 heterocycles. The molecule has 7 nitrogen and oxygen atoms in total. The highest BCUT2D eigenvalue weighted by Crippen LogP contribution is 2.41. The quantitative estimate of drug-likeness (QED) is 0.384. The Kier molecular flexibility index (Phi) is 8.04. The Morgan fingerprint density at radius 2 is 1.93 bits per heavy atom. The smallest absolute Gasteiger partial charge is 0.336 e. The van der Waals surface area contributed by atoms with Gasteiger partial charge in [-0.1, -0.05) is 29.8 Å². The fraction of sp³-hybridized carbons (Fsp3) is 0.400. The number of ether oxygens (including phenoxy) is 3. The maximum Gasteiger partial charge on any atom is 0.336 e. The van der Waals surface area contributed by atoms with Gasteiger partial charge in [0.25, 0.3) is 0 Å². The van der Waals surface area contributed by atoms with E-state index in [4.69, 9.17) is 31.5 Å². The minimum absolute atomic E-state index is 0.109. The van der Waals surface area contributed by atoms with E-state index in [2.05, 4.69) is 5.32 Å². The number of dihydropyridines is 1. The van der Waals surface area contributed by atoms with Gasteiger partial charge >= 0.3 is 11.9 Å². The second-order valence-electron chi connectivity index (χ2n) is 6.06. The Morgan fingerprint density at radius 3 is 2.54 bits per heavy atom. The molecule has 2 rings (SSSR count). The van der Waals surface area contributed by atoms with Gasteiger partial charge in [-0.15, -0.1) is 0 Å². The third-order valence-electron chi connectivity index (χ3n) is 4.27. The first-order valence-electron chi connectivity index (χ1n) is 8.94. The van der Waals surface area contributed by atoms with E-state index in [1.807, 2.05) is 0 Å². The maximum atomic E-state index is 12.9. The zero-order valence-corrected chi connectivity index (χ0v) is 17.0. The van der Waals surface area contributed by atoms with Crippen molar-refractivity contribution in [3.8, 4) is 0 Å². The summed E-state index contributed by atoms with van der Waals surface area (Å²) in [6.45, 7) is 4.42. The number of hydrogen-bond acceptors (Lipinski definition) is 7. The van der Waals surface area contributed by atoms with Crippen LogP contribution < -0.4 is 11.1 Å². The summed E-state index contributed by atoms with van der Waals surface area (Å²) in [6.07, 6.45) is 0. The third kappa shape index (κ3) is 4.73. The van der Waals surface area contributed by atoms with Crippen molar-refractivity contribution in [2.24, 2.45) is 5.73 Å². The largest absolute Gasteiger partial charge is 0.466 e. The van der Waals surface area contributed by atoms with Crippen molar-refractivity contribution in [1.29, 1.82) is 0 Å². The van der Waals surface area contributed by atoms with Gasteiger partial charge in [-0.2, -0.15) is 0 Å². The first-order chi connectivity index (χ1) is 13.5. The molecule has 1 aliphatic heterocycles. The Labute approximate surface area is 169 Å². The summed E-state index contributed by atoms with van der Waals surface area (Å²) >= 11 is 6.42. The van der Waals surface area contributed by atoms with Crippen LogP contribution in [-0.4, -0.2) is 45.4 Å². The lowest BCUT2D eigenvalue weighted by Crippen LogP contribution is -2.35. The first kappa shape index (κ1) is 21.9. The van der Waals surface area contributed by atoms with Gasteiger partial charge in [0, 0.05) is 17.3 Å². The predicted molar refractivity (Wildman–Crippen MR) is 106 cm³/mol. The lowest BCUT2D eigenvalue weighted by Gasteiger charge is -2.31. The van der Waals surface area contributed by atoms with Crippen molar-refractivity contribution in [3.63, 3.8) is 0 Å². The Hall–Kier alpha value is -2.35. The predicted octanol–water partition coefficient (Wildman–Crippen LogP) is 2.27. The number of nitrogens with two attached hydrogens (primary N) is 1. The fourth-order valence-electron chi connectivity index (χ4n) is 3.12. The van der Waals surface area contributed by atoms with E-state index in [-0.39, 0.29) is 18.8 Å². The lowest BCUT2D eigenvalue weighted by atomic mass is 9.93. The van der Waals surface area contributed by atoms with Gasteiger partial charge < -0.3 is 25.3 Å². The number of nitrogens with one attached hydrogen (secondary N) is 1. The minimum atomic E-state index is -0.752. The number of esters is 2. The molecule has 1 aromatic rings. The van der Waals surface area contributed by atoms with Crippen molar-refractivity contribution < 1.29 is 23.8 Å². The molecule has 0 amide bonds. The van der Waals surface area contributed by atoms with Crippen LogP contribution in [0.2, 0.25) is 5.02 Å². The number of carbonyl (C=O) groups is 2. The van der Waals surface area contributed by atoms with Crippen LogP contribution in [0, 0.1) is 0 Å². The normalized spacial score (nSPS) is 16.7. The Bertz CT molecular complexity index is 804. The van der Waals surface area contributed by atoms with E-state index in [0.717, 1.165) is 0 Å². The summed E-state index contributed by atoms with van der Waals surface area (Å²) < 4.78 is 15.8. The molecule has 0 bridgehead atoms. The maximum absolute atomic E-state index is 12.9. The summed E-state index contributed by atoms with van der Waals surface area (Å²) in [7, 11) is 1.29. The van der Waals surface area contributed by atoms with Gasteiger partial charge in [-0.05, 0) is 25.5 Å². The fourth-order valence-corrected chi connectivity index (χ4v) is 3.36. The van der Waals surface area contributed by atoms with Crippen molar-refractivity contribution in [2.75, 3.05) is 33.5 Å². The molecule has 0 spiro atoms. The molecule has 0 aromatic heterocycles. The standard InChI is InChI=1S/C20H25ClN2O5/c1-4-28-20(25)18-15(11-27-10-9-22)23-12(2)16(19(24)26-3)17(18)13-7-5-6-8-14(13)21/h5-8,17,23H,4,9-11,22H2,1-3H3/i2+1,12+1,16+1,19+1. The molecule has 0 aliphatic carbocycles. The Balaban J connectivity index is 2.67. The van der Waals surface area contributed by atoms with E-state index >= 15 is 0 Å². The summed E-state index contributed by atoms with van der Waals surface area (Å²) in [5.41, 5.74) is 7.70. The molecule has 1 atom stereocenters. The molecule has 1 unspecified atom stereocenters. The number of benzene rings is 1. The van der Waals surface area contributed by atoms with Crippen molar-refractivity contribution in [1.82, 2.24) is 5.32 Å². The molecule has 152 valence electrons. The first-order valence-corrected chi connectivity index (χ1v) is 9.32. The van der Waals surface area contributed by atoms with Gasteiger partial charge in [0.05, 0.1) is 49.7 Å². The van der Waals surface area contributed by atoms with E-state index in [9.17, 15) is 9.59 Å². The highest BCUT2D eigenvalue weighted by Gasteiger charge is 2.39. The number of halogens is 1. The number of hydrogen-bond donors (Lipinski definition) is 2. The van der Waals surface area contributed by atoms with Crippen LogP contribution >= 0.6 is 11.6 Å². The molecule has 0 saturated heterocycles. The molecule has 28 heavy (non-hydrogen) atoms. The summed E-state index contributed by atoms with van der Waals surface area (Å²) in [5, 5.41) is 3.52. The van der Waals surface area contributed by atoms with Gasteiger partial charge in [-0.25, -0.2) is 9.59 Å². The zero-order chi connectivity index (χ0) is 20.7. The van der Waals surface area contributed by atoms with Crippen LogP contribution in [-0.2, 0) is 23.8 Å². The summed E-state index contributed by atoms with van der Waals surface area (Å²) in [6, 6.07) is 7.05. The van der Waals surface area contributed by atoms with Crippen LogP contribution in [0.4, 0.5) is 0 Å². The summed E-state index contributed by atoms with van der Waals surface area (Å²) in [4.78, 5) is 25.5. The monoisotopic (exact) mass is 412 g/mol. The van der Waals surface area contributed by atoms with E-state index < -0.39 is 17.9 Å². The van der Waals surface area contributed by atoms with Crippen LogP contribution in [0.25, 0.3) is 0 Å². The number of methoxy groups -OCH3 is 1. The second kappa shape index (κ2) is 10.3. The molecular formula is C20H25ClN2O5. The molecular weight excluding hydrogens is 388 g/mol. The minimum Gasteiger partial charge on any atom is -0.466 e. The zero-order valence-electron chi connectivity index (χ0n) is 16.2. The Morgan fingerprint density at radius 1 is 1.21 bits per heavy atom. The van der Waals surface area contributed by atoms with E-state index in [1.54, 1.807) is 38.1 Å². The lowest BCUT2D eigenvalue weighted by molar-refractivity contribution is -0.139. The highest BCUT2D eigenvalue weighted by molar-refractivity contribution is 6.31. The van der Waals surface area contributed by atoms with Gasteiger partial charge in [0.1, 0.15) is 0 Å². The topological polar surface area (TPSA) is 99.9 Å². The SMILES string of the molecule is CCOC(=O)C1=C(COCCN)N[13C]([13CH3])=[13C]([13C](=O)OC)C1c1ccccc1Cl. The third-order valence-corrected chi connectivity index (χ3v) is 4.61. The average Bonchev–Trinajstić information content (AvgIpc) is 2.67. The molecule has 0 radical (unpaired) electrons. The number of rotatable bonds is 8. The van der Waals surface area contributed by atoms with Crippen molar-refractivity contribution in [2.45, 2.75) is 19.8 Å². The summed E-state index contributed by atoms with van der Waals surface area (Å²) in [5.74, 6) is -1.86. The molecule has 1 aromatic carbocycles. The van der Waals surface area contributed by atoms with Crippen LogP contribution in [0.1, 0.15) is 25.3 Å². The second-order valence-corrected chi connectivity index (χ2v) is 6.47. The van der Waals surface area contributed by atoms with Crippen molar-refractivity contribution in [3.05, 3.63) is 57.4 Å². The highest BCUT2D eigenvalue weighted by atomic mass is 35.5. The molecule has 3 N–H and O–H groups in total. The number of allylic oxidation sites excluding steroid dienone is 1. The van der Waals surface area contributed by atoms with Crippen LogP contribution in [0.3, 0.4) is 0 Å². The van der Waals surface area contributed by atoms with Gasteiger partial charge in [-0.3, -0.25) is 0 Å². The average molecular weight is 413 g/mol. The van der Waals surface area contributed by atoms with Crippen LogP contribution in [0.5, 0.6) is 0 Å². The molecule has 0 fully saturated rings. The molecule has 8 heteroatoms.